The number of rotatable bonds is 6. The van der Waals surface area contributed by atoms with Gasteiger partial charge in [0.25, 0.3) is 0 Å². The fourth-order valence-corrected chi connectivity index (χ4v) is 2.39. The second-order valence-corrected chi connectivity index (χ2v) is 6.12. The minimum Gasteiger partial charge on any atom is -0.494 e. The first-order valence-electron chi connectivity index (χ1n) is 7.56. The van der Waals surface area contributed by atoms with Crippen LogP contribution in [-0.2, 0) is 0 Å². The van der Waals surface area contributed by atoms with Crippen LogP contribution in [0.2, 0.25) is 0 Å². The van der Waals surface area contributed by atoms with E-state index in [4.69, 9.17) is 21.7 Å². The second kappa shape index (κ2) is 8.79. The molecule has 0 aliphatic heterocycles. The zero-order chi connectivity index (χ0) is 17.5. The first-order valence-corrected chi connectivity index (χ1v) is 9.19. The molecule has 0 aliphatic carbocycles. The van der Waals surface area contributed by atoms with E-state index in [2.05, 4.69) is 15.3 Å². The minimum absolute atomic E-state index is 0.494. The van der Waals surface area contributed by atoms with Crippen LogP contribution in [0.15, 0.2) is 34.5 Å². The smallest absolute Gasteiger partial charge is 0.246 e. The van der Waals surface area contributed by atoms with Crippen LogP contribution in [-0.4, -0.2) is 33.6 Å². The molecule has 0 saturated heterocycles. The summed E-state index contributed by atoms with van der Waals surface area (Å²) in [5.74, 6) is 1.32. The molecule has 0 unspecified atom stereocenters. The van der Waals surface area contributed by atoms with Gasteiger partial charge in [0.1, 0.15) is 5.75 Å². The van der Waals surface area contributed by atoms with Crippen LogP contribution in [0, 0.1) is 6.92 Å². The molecular weight excluding hydrogens is 344 g/mol. The van der Waals surface area contributed by atoms with Gasteiger partial charge in [-0.05, 0) is 51.3 Å². The van der Waals surface area contributed by atoms with Crippen molar-refractivity contribution in [2.75, 3.05) is 19.5 Å². The molecule has 24 heavy (non-hydrogen) atoms. The summed E-state index contributed by atoms with van der Waals surface area (Å²) >= 11 is 6.74. The highest BCUT2D eigenvalue weighted by atomic mass is 32.2. The summed E-state index contributed by atoms with van der Waals surface area (Å²) < 4.78 is 13.3. The molecule has 0 saturated carbocycles. The molecule has 1 heterocycles. The highest BCUT2D eigenvalue weighted by Crippen LogP contribution is 2.34. The quantitative estimate of drug-likeness (QED) is 0.539. The largest absolute Gasteiger partial charge is 0.494 e. The third-order valence-corrected chi connectivity index (χ3v) is 4.22. The number of aromatic nitrogens is 2. The predicted molar refractivity (Wildman–Crippen MR) is 101 cm³/mol. The van der Waals surface area contributed by atoms with Gasteiger partial charge in [-0.2, -0.15) is 14.9 Å². The van der Waals surface area contributed by atoms with Crippen molar-refractivity contribution in [2.24, 2.45) is 10.2 Å². The average Bonchev–Trinajstić information content (AvgIpc) is 2.90. The molecule has 2 aromatic rings. The van der Waals surface area contributed by atoms with E-state index in [-0.39, 0.29) is 0 Å². The fourth-order valence-electron chi connectivity index (χ4n) is 1.97. The minimum atomic E-state index is 0.494. The lowest BCUT2D eigenvalue weighted by atomic mass is 10.3. The van der Waals surface area contributed by atoms with Crippen LogP contribution in [0.4, 0.5) is 11.4 Å². The van der Waals surface area contributed by atoms with Gasteiger partial charge in [-0.1, -0.05) is 24.0 Å². The van der Waals surface area contributed by atoms with Crippen LogP contribution in [0.1, 0.15) is 19.5 Å². The van der Waals surface area contributed by atoms with Gasteiger partial charge in [-0.15, -0.1) is 5.11 Å². The number of thioether (sulfide) groups is 1. The van der Waals surface area contributed by atoms with Gasteiger partial charge in [-0.3, -0.25) is 0 Å². The van der Waals surface area contributed by atoms with Crippen LogP contribution >= 0.6 is 24.0 Å². The Kier molecular flexibility index (Phi) is 6.74. The van der Waals surface area contributed by atoms with Gasteiger partial charge in [-0.25, -0.2) is 0 Å². The topological polar surface area (TPSA) is 61.0 Å². The van der Waals surface area contributed by atoms with Crippen LogP contribution in [0.5, 0.6) is 11.6 Å². The van der Waals surface area contributed by atoms with Crippen LogP contribution in [0.3, 0.4) is 0 Å². The van der Waals surface area contributed by atoms with Gasteiger partial charge in [0.2, 0.25) is 5.88 Å². The summed E-state index contributed by atoms with van der Waals surface area (Å²) in [4.78, 5) is 0. The van der Waals surface area contributed by atoms with Gasteiger partial charge in [0.05, 0.1) is 24.6 Å². The molecule has 6 nitrogen and oxygen atoms in total. The highest BCUT2D eigenvalue weighted by Gasteiger charge is 2.19. The number of ether oxygens (including phenoxy) is 2. The van der Waals surface area contributed by atoms with Crippen molar-refractivity contribution in [1.29, 1.82) is 0 Å². The number of thiocarbonyl (C=S) groups is 1. The predicted octanol–water partition coefficient (Wildman–Crippen LogP) is 4.90. The fraction of sp³-hybridized carbons (Fsp3) is 0.375. The van der Waals surface area contributed by atoms with E-state index in [1.54, 1.807) is 4.68 Å². The molecule has 0 fully saturated rings. The summed E-state index contributed by atoms with van der Waals surface area (Å²) in [5.41, 5.74) is 2.02. The lowest BCUT2D eigenvalue weighted by Gasteiger charge is -2.07. The number of hydrogen-bond acceptors (Lipinski definition) is 7. The molecular formula is C16H20N4O2S2. The van der Waals surface area contributed by atoms with Crippen LogP contribution in [0.25, 0.3) is 0 Å². The molecule has 0 aliphatic rings. The lowest BCUT2D eigenvalue weighted by molar-refractivity contribution is 0.321. The molecule has 128 valence electrons. The van der Waals surface area contributed by atoms with Crippen molar-refractivity contribution in [1.82, 2.24) is 9.78 Å². The molecule has 1 aromatic heterocycles. The van der Waals surface area contributed by atoms with E-state index in [9.17, 15) is 0 Å². The molecule has 0 spiro atoms. The maximum atomic E-state index is 5.68. The number of azo groups is 1. The standard InChI is InChI=1S/C16H20N4O2S2/c1-5-21-13-9-7-12(8-10-13)17-18-14-11(3)19-20(16(23)24-4)15(14)22-6-2/h7-10H,5-6H2,1-4H3. The number of aryl methyl sites for hydroxylation is 1. The molecule has 0 amide bonds. The molecule has 8 heteroatoms. The molecule has 0 radical (unpaired) electrons. The van der Waals surface area contributed by atoms with E-state index >= 15 is 0 Å². The maximum Gasteiger partial charge on any atom is 0.246 e. The molecule has 0 bridgehead atoms. The SMILES string of the molecule is CCOc1ccc(N=Nc2c(C)nn(C(=S)SC)c2OCC)cc1. The Labute approximate surface area is 151 Å². The summed E-state index contributed by atoms with van der Waals surface area (Å²) in [5, 5.41) is 13.0. The summed E-state index contributed by atoms with van der Waals surface area (Å²) in [6.45, 7) is 6.83. The highest BCUT2D eigenvalue weighted by molar-refractivity contribution is 8.22. The third-order valence-electron chi connectivity index (χ3n) is 3.03. The van der Waals surface area contributed by atoms with Crippen molar-refractivity contribution in [3.63, 3.8) is 0 Å². The average molecular weight is 364 g/mol. The van der Waals surface area contributed by atoms with Crippen molar-refractivity contribution in [3.8, 4) is 11.6 Å². The molecule has 0 atom stereocenters. The monoisotopic (exact) mass is 364 g/mol. The Morgan fingerprint density at radius 1 is 1.17 bits per heavy atom. The van der Waals surface area contributed by atoms with E-state index in [0.29, 0.717) is 34.8 Å². The Morgan fingerprint density at radius 2 is 1.83 bits per heavy atom. The van der Waals surface area contributed by atoms with Gasteiger partial charge < -0.3 is 9.47 Å². The van der Waals surface area contributed by atoms with E-state index in [1.807, 2.05) is 51.3 Å². The summed E-state index contributed by atoms with van der Waals surface area (Å²) in [6, 6.07) is 7.42. The van der Waals surface area contributed by atoms with Crippen molar-refractivity contribution < 1.29 is 9.47 Å². The first kappa shape index (κ1) is 18.4. The van der Waals surface area contributed by atoms with Crippen molar-refractivity contribution in [3.05, 3.63) is 30.0 Å². The number of nitrogens with zero attached hydrogens (tertiary/aromatic N) is 4. The Bertz CT molecular complexity index is 726. The maximum absolute atomic E-state index is 5.68. The van der Waals surface area contributed by atoms with Crippen molar-refractivity contribution >= 4 is 39.7 Å². The molecule has 0 N–H and O–H groups in total. The third kappa shape index (κ3) is 4.33. The Morgan fingerprint density at radius 3 is 2.42 bits per heavy atom. The number of benzene rings is 1. The first-order chi connectivity index (χ1) is 11.6. The molecule has 1 aromatic carbocycles. The van der Waals surface area contributed by atoms with Gasteiger partial charge >= 0.3 is 0 Å². The van der Waals surface area contributed by atoms with Crippen molar-refractivity contribution in [2.45, 2.75) is 20.8 Å². The Hall–Kier alpha value is -1.93. The number of hydrogen-bond donors (Lipinski definition) is 0. The molecule has 2 rings (SSSR count). The van der Waals surface area contributed by atoms with Gasteiger partial charge in [0.15, 0.2) is 10.0 Å². The van der Waals surface area contributed by atoms with E-state index in [1.165, 1.54) is 11.8 Å². The zero-order valence-corrected chi connectivity index (χ0v) is 15.8. The normalized spacial score (nSPS) is 11.0. The van der Waals surface area contributed by atoms with Crippen LogP contribution < -0.4 is 9.47 Å². The summed E-state index contributed by atoms with van der Waals surface area (Å²) in [7, 11) is 0. The zero-order valence-electron chi connectivity index (χ0n) is 14.1. The Balaban J connectivity index is 2.30. The van der Waals surface area contributed by atoms with E-state index in [0.717, 1.165) is 11.4 Å². The summed E-state index contributed by atoms with van der Waals surface area (Å²) in [6.07, 6.45) is 1.90. The van der Waals surface area contributed by atoms with E-state index < -0.39 is 0 Å². The lowest BCUT2D eigenvalue weighted by Crippen LogP contribution is -2.09. The van der Waals surface area contributed by atoms with Gasteiger partial charge in [0, 0.05) is 0 Å². The second-order valence-electron chi connectivity index (χ2n) is 4.68.